The zero-order valence-electron chi connectivity index (χ0n) is 12.4. The number of pyridine rings is 1. The number of hydrogen-bond acceptors (Lipinski definition) is 4. The molecular formula is C16H24N2O2. The monoisotopic (exact) mass is 276 g/mol. The molecule has 0 aliphatic heterocycles. The molecule has 20 heavy (non-hydrogen) atoms. The van der Waals surface area contributed by atoms with Crippen LogP contribution in [0.25, 0.3) is 0 Å². The van der Waals surface area contributed by atoms with Crippen LogP contribution in [-0.4, -0.2) is 24.1 Å². The second kappa shape index (κ2) is 7.27. The van der Waals surface area contributed by atoms with Gasteiger partial charge in [-0.1, -0.05) is 19.8 Å². The number of carbonyl (C=O) groups excluding carboxylic acids is 1. The van der Waals surface area contributed by atoms with Gasteiger partial charge in [-0.25, -0.2) is 9.78 Å². The summed E-state index contributed by atoms with van der Waals surface area (Å²) >= 11 is 0. The lowest BCUT2D eigenvalue weighted by Gasteiger charge is -2.27. The second-order valence-corrected chi connectivity index (χ2v) is 5.64. The summed E-state index contributed by atoms with van der Waals surface area (Å²) in [5, 5.41) is 3.33. The number of rotatable bonds is 5. The molecule has 0 amide bonds. The van der Waals surface area contributed by atoms with Gasteiger partial charge in [0.25, 0.3) is 0 Å². The van der Waals surface area contributed by atoms with E-state index in [2.05, 4.69) is 17.2 Å². The van der Waals surface area contributed by atoms with E-state index in [0.29, 0.717) is 23.9 Å². The lowest BCUT2D eigenvalue weighted by molar-refractivity contribution is 0.0527. The van der Waals surface area contributed by atoms with E-state index in [1.54, 1.807) is 18.3 Å². The largest absolute Gasteiger partial charge is 0.462 e. The molecule has 1 aromatic heterocycles. The van der Waals surface area contributed by atoms with Crippen LogP contribution in [-0.2, 0) is 4.74 Å². The minimum atomic E-state index is -0.305. The molecule has 4 heteroatoms. The van der Waals surface area contributed by atoms with Gasteiger partial charge in [0.2, 0.25) is 0 Å². The zero-order valence-corrected chi connectivity index (χ0v) is 12.4. The molecule has 1 aliphatic rings. The number of ether oxygens (including phenoxy) is 1. The van der Waals surface area contributed by atoms with Crippen molar-refractivity contribution >= 4 is 11.8 Å². The molecule has 1 aliphatic carbocycles. The van der Waals surface area contributed by atoms with Gasteiger partial charge in [-0.15, -0.1) is 0 Å². The Hall–Kier alpha value is -1.58. The molecule has 2 atom stereocenters. The number of nitrogens with zero attached hydrogens (tertiary/aromatic N) is 1. The molecule has 110 valence electrons. The van der Waals surface area contributed by atoms with Gasteiger partial charge in [0.1, 0.15) is 11.4 Å². The van der Waals surface area contributed by atoms with E-state index in [4.69, 9.17) is 4.74 Å². The van der Waals surface area contributed by atoms with Crippen molar-refractivity contribution in [2.75, 3.05) is 18.5 Å². The molecule has 0 saturated heterocycles. The fourth-order valence-electron chi connectivity index (χ4n) is 2.91. The Morgan fingerprint density at radius 2 is 2.35 bits per heavy atom. The van der Waals surface area contributed by atoms with Crippen LogP contribution in [0.15, 0.2) is 18.3 Å². The van der Waals surface area contributed by atoms with E-state index in [1.807, 2.05) is 6.92 Å². The van der Waals surface area contributed by atoms with Gasteiger partial charge >= 0.3 is 5.97 Å². The summed E-state index contributed by atoms with van der Waals surface area (Å²) in [7, 11) is 0. The van der Waals surface area contributed by atoms with Crippen molar-refractivity contribution in [2.45, 2.75) is 39.5 Å². The van der Waals surface area contributed by atoms with Crippen LogP contribution >= 0.6 is 0 Å². The van der Waals surface area contributed by atoms with Crippen molar-refractivity contribution in [1.29, 1.82) is 0 Å². The first-order valence-corrected chi connectivity index (χ1v) is 7.56. The average molecular weight is 276 g/mol. The quantitative estimate of drug-likeness (QED) is 0.836. The predicted octanol–water partition coefficient (Wildman–Crippen LogP) is 3.50. The van der Waals surface area contributed by atoms with E-state index < -0.39 is 0 Å². The Morgan fingerprint density at radius 3 is 3.10 bits per heavy atom. The van der Waals surface area contributed by atoms with E-state index in [-0.39, 0.29) is 5.97 Å². The van der Waals surface area contributed by atoms with Crippen LogP contribution in [0.3, 0.4) is 0 Å². The normalized spacial score (nSPS) is 22.3. The van der Waals surface area contributed by atoms with Gasteiger partial charge in [0.05, 0.1) is 6.61 Å². The highest BCUT2D eigenvalue weighted by Gasteiger charge is 2.20. The Bertz CT molecular complexity index is 448. The van der Waals surface area contributed by atoms with E-state index in [0.717, 1.165) is 12.5 Å². The molecule has 0 spiro atoms. The number of nitrogens with one attached hydrogen (secondary N) is 1. The summed E-state index contributed by atoms with van der Waals surface area (Å²) in [6.45, 7) is 5.39. The van der Waals surface area contributed by atoms with Crippen LogP contribution in [0.2, 0.25) is 0 Å². The Morgan fingerprint density at radius 1 is 1.50 bits per heavy atom. The second-order valence-electron chi connectivity index (χ2n) is 5.64. The van der Waals surface area contributed by atoms with Gasteiger partial charge in [0, 0.05) is 12.7 Å². The van der Waals surface area contributed by atoms with Gasteiger partial charge < -0.3 is 10.1 Å². The summed E-state index contributed by atoms with van der Waals surface area (Å²) < 4.78 is 5.06. The summed E-state index contributed by atoms with van der Waals surface area (Å²) in [5.41, 5.74) is 0.526. The first kappa shape index (κ1) is 14.8. The highest BCUT2D eigenvalue weighted by atomic mass is 16.5. The van der Waals surface area contributed by atoms with E-state index in [1.165, 1.54) is 25.7 Å². The summed E-state index contributed by atoms with van der Waals surface area (Å²) in [6.07, 6.45) is 6.87. The fraction of sp³-hybridized carbons (Fsp3) is 0.625. The third-order valence-electron chi connectivity index (χ3n) is 3.91. The number of anilines is 1. The van der Waals surface area contributed by atoms with Crippen LogP contribution in [0.4, 0.5) is 5.82 Å². The zero-order chi connectivity index (χ0) is 14.4. The Labute approximate surface area is 120 Å². The number of carbonyl (C=O) groups is 1. The number of aromatic nitrogens is 1. The van der Waals surface area contributed by atoms with Crippen molar-refractivity contribution in [1.82, 2.24) is 4.98 Å². The molecule has 1 N–H and O–H groups in total. The minimum absolute atomic E-state index is 0.305. The minimum Gasteiger partial charge on any atom is -0.462 e. The van der Waals surface area contributed by atoms with Gasteiger partial charge in [-0.2, -0.15) is 0 Å². The summed E-state index contributed by atoms with van der Waals surface area (Å²) in [6, 6.07) is 3.52. The Kier molecular flexibility index (Phi) is 5.39. The number of hydrogen-bond donors (Lipinski definition) is 1. The predicted molar refractivity (Wildman–Crippen MR) is 79.8 cm³/mol. The smallest absolute Gasteiger partial charge is 0.341 e. The maximum absolute atomic E-state index is 11.9. The van der Waals surface area contributed by atoms with Crippen LogP contribution in [0, 0.1) is 11.8 Å². The van der Waals surface area contributed by atoms with Crippen molar-refractivity contribution < 1.29 is 9.53 Å². The van der Waals surface area contributed by atoms with Gasteiger partial charge in [-0.05, 0) is 43.7 Å². The molecule has 0 radical (unpaired) electrons. The highest BCUT2D eigenvalue weighted by molar-refractivity contribution is 5.94. The molecule has 1 aromatic rings. The van der Waals surface area contributed by atoms with Crippen molar-refractivity contribution in [2.24, 2.45) is 11.8 Å². The third-order valence-corrected chi connectivity index (χ3v) is 3.91. The average Bonchev–Trinajstić information content (AvgIpc) is 2.46. The summed E-state index contributed by atoms with van der Waals surface area (Å²) in [5.74, 6) is 1.82. The lowest BCUT2D eigenvalue weighted by Crippen LogP contribution is -2.22. The molecule has 1 fully saturated rings. The van der Waals surface area contributed by atoms with Crippen LogP contribution in [0.1, 0.15) is 49.9 Å². The highest BCUT2D eigenvalue weighted by Crippen LogP contribution is 2.28. The van der Waals surface area contributed by atoms with Crippen molar-refractivity contribution in [3.05, 3.63) is 23.9 Å². The molecular weight excluding hydrogens is 252 g/mol. The third kappa shape index (κ3) is 3.95. The molecule has 4 nitrogen and oxygen atoms in total. The van der Waals surface area contributed by atoms with Crippen LogP contribution < -0.4 is 5.32 Å². The van der Waals surface area contributed by atoms with Crippen LogP contribution in [0.5, 0.6) is 0 Å². The molecule has 1 saturated carbocycles. The van der Waals surface area contributed by atoms with Crippen molar-refractivity contribution in [3.8, 4) is 0 Å². The first-order valence-electron chi connectivity index (χ1n) is 7.56. The van der Waals surface area contributed by atoms with E-state index >= 15 is 0 Å². The SMILES string of the molecule is CCOC(=O)c1cccnc1NCC1CCCC(C)C1. The maximum atomic E-state index is 11.9. The maximum Gasteiger partial charge on any atom is 0.341 e. The molecule has 1 heterocycles. The molecule has 0 aromatic carbocycles. The topological polar surface area (TPSA) is 51.2 Å². The van der Waals surface area contributed by atoms with Crippen molar-refractivity contribution in [3.63, 3.8) is 0 Å². The molecule has 0 bridgehead atoms. The fourth-order valence-corrected chi connectivity index (χ4v) is 2.91. The molecule has 2 rings (SSSR count). The van der Waals surface area contributed by atoms with E-state index in [9.17, 15) is 4.79 Å². The number of esters is 1. The Balaban J connectivity index is 1.96. The standard InChI is InChI=1S/C16H24N2O2/c1-3-20-16(19)14-8-5-9-17-15(14)18-11-13-7-4-6-12(2)10-13/h5,8-9,12-13H,3-4,6-7,10-11H2,1-2H3,(H,17,18). The van der Waals surface area contributed by atoms with Gasteiger partial charge in [0.15, 0.2) is 0 Å². The summed E-state index contributed by atoms with van der Waals surface area (Å²) in [4.78, 5) is 16.1. The van der Waals surface area contributed by atoms with Gasteiger partial charge in [-0.3, -0.25) is 0 Å². The lowest BCUT2D eigenvalue weighted by atomic mass is 9.82. The molecule has 2 unspecified atom stereocenters. The first-order chi connectivity index (χ1) is 9.70.